The van der Waals surface area contributed by atoms with Crippen molar-refractivity contribution in [2.45, 2.75) is 62.9 Å². The Morgan fingerprint density at radius 3 is 2.66 bits per heavy atom. The van der Waals surface area contributed by atoms with Crippen LogP contribution in [0, 0.1) is 5.82 Å². The molecule has 1 aliphatic heterocycles. The van der Waals surface area contributed by atoms with Gasteiger partial charge in [-0.25, -0.2) is 9.37 Å². The van der Waals surface area contributed by atoms with Crippen molar-refractivity contribution in [1.82, 2.24) is 25.0 Å². The molecule has 0 bridgehead atoms. The van der Waals surface area contributed by atoms with Gasteiger partial charge in [-0.15, -0.1) is 0 Å². The first-order valence-corrected chi connectivity index (χ1v) is 10.7. The molecule has 1 N–H and O–H groups in total. The molecule has 2 aromatic rings. The maximum absolute atomic E-state index is 14.5. The van der Waals surface area contributed by atoms with Crippen LogP contribution >= 0.6 is 0 Å². The van der Waals surface area contributed by atoms with Gasteiger partial charge >= 0.3 is 0 Å². The van der Waals surface area contributed by atoms with E-state index in [-0.39, 0.29) is 23.2 Å². The SMILES string of the molecule is O=C(CCn1cncn1)NC1CCN(CC2(c3ccccc3F)CCCC2)CC1. The van der Waals surface area contributed by atoms with E-state index in [1.807, 2.05) is 12.1 Å². The van der Waals surface area contributed by atoms with Gasteiger partial charge in [0.1, 0.15) is 18.5 Å². The van der Waals surface area contributed by atoms with Crippen LogP contribution in [0.15, 0.2) is 36.9 Å². The first-order valence-electron chi connectivity index (χ1n) is 10.7. The second kappa shape index (κ2) is 9.03. The first-order chi connectivity index (χ1) is 14.1. The van der Waals surface area contributed by atoms with Crippen molar-refractivity contribution in [3.63, 3.8) is 0 Å². The quantitative estimate of drug-likeness (QED) is 0.778. The molecule has 156 valence electrons. The minimum absolute atomic E-state index is 0.0563. The fourth-order valence-corrected chi connectivity index (χ4v) is 4.98. The highest BCUT2D eigenvalue weighted by Crippen LogP contribution is 2.43. The smallest absolute Gasteiger partial charge is 0.222 e. The van der Waals surface area contributed by atoms with Gasteiger partial charge in [-0.3, -0.25) is 9.48 Å². The van der Waals surface area contributed by atoms with Gasteiger partial charge in [0.2, 0.25) is 5.91 Å². The summed E-state index contributed by atoms with van der Waals surface area (Å²) in [5, 5.41) is 7.18. The van der Waals surface area contributed by atoms with Gasteiger partial charge in [0.15, 0.2) is 0 Å². The number of aryl methyl sites for hydroxylation is 1. The molecule has 2 heterocycles. The standard InChI is InChI=1S/C22H30FN5O/c23-20-6-2-1-5-19(20)22(10-3-4-11-22)15-27-12-7-18(8-13-27)26-21(29)9-14-28-17-24-16-25-28/h1-2,5-6,16-18H,3-4,7-15H2,(H,26,29). The van der Waals surface area contributed by atoms with E-state index in [2.05, 4.69) is 20.3 Å². The molecule has 1 saturated heterocycles. The number of nitrogens with one attached hydrogen (secondary N) is 1. The van der Waals surface area contributed by atoms with Crippen LogP contribution in [0.4, 0.5) is 4.39 Å². The van der Waals surface area contributed by atoms with E-state index in [1.165, 1.54) is 19.2 Å². The van der Waals surface area contributed by atoms with Crippen molar-refractivity contribution in [2.75, 3.05) is 19.6 Å². The molecule has 0 unspecified atom stereocenters. The van der Waals surface area contributed by atoms with Crippen molar-refractivity contribution in [2.24, 2.45) is 0 Å². The van der Waals surface area contributed by atoms with Crippen LogP contribution < -0.4 is 5.32 Å². The van der Waals surface area contributed by atoms with Crippen molar-refractivity contribution in [1.29, 1.82) is 0 Å². The number of carbonyl (C=O) groups excluding carboxylic acids is 1. The van der Waals surface area contributed by atoms with Gasteiger partial charge in [-0.1, -0.05) is 31.0 Å². The number of nitrogens with zero attached hydrogens (tertiary/aromatic N) is 4. The molecule has 2 fully saturated rings. The summed E-state index contributed by atoms with van der Waals surface area (Å²) in [5.41, 5.74) is 0.834. The number of amides is 1. The zero-order chi connectivity index (χ0) is 20.1. The molecule has 0 spiro atoms. The van der Waals surface area contributed by atoms with Gasteiger partial charge in [-0.2, -0.15) is 5.10 Å². The summed E-state index contributed by atoms with van der Waals surface area (Å²) in [7, 11) is 0. The number of hydrogen-bond donors (Lipinski definition) is 1. The highest BCUT2D eigenvalue weighted by Gasteiger charge is 2.39. The van der Waals surface area contributed by atoms with Crippen LogP contribution in [0.3, 0.4) is 0 Å². The number of piperidine rings is 1. The molecule has 0 radical (unpaired) electrons. The lowest BCUT2D eigenvalue weighted by Gasteiger charge is -2.39. The summed E-state index contributed by atoms with van der Waals surface area (Å²) in [6.45, 7) is 3.37. The molecule has 1 saturated carbocycles. The Hall–Kier alpha value is -2.28. The van der Waals surface area contributed by atoms with Crippen LogP contribution in [-0.4, -0.2) is 51.2 Å². The lowest BCUT2D eigenvalue weighted by atomic mass is 9.77. The summed E-state index contributed by atoms with van der Waals surface area (Å²) in [6, 6.07) is 7.53. The normalized spacial score (nSPS) is 20.0. The van der Waals surface area contributed by atoms with Crippen molar-refractivity contribution < 1.29 is 9.18 Å². The summed E-state index contributed by atoms with van der Waals surface area (Å²) in [5.74, 6) is 0.00139. The lowest BCUT2D eigenvalue weighted by Crippen LogP contribution is -2.48. The van der Waals surface area contributed by atoms with E-state index in [9.17, 15) is 9.18 Å². The maximum Gasteiger partial charge on any atom is 0.222 e. The van der Waals surface area contributed by atoms with E-state index >= 15 is 0 Å². The number of carbonyl (C=O) groups is 1. The topological polar surface area (TPSA) is 63.1 Å². The Labute approximate surface area is 171 Å². The summed E-state index contributed by atoms with van der Waals surface area (Å²) >= 11 is 0. The third-order valence-electron chi connectivity index (χ3n) is 6.52. The predicted octanol–water partition coefficient (Wildman–Crippen LogP) is 2.90. The van der Waals surface area contributed by atoms with Crippen molar-refractivity contribution in [3.05, 3.63) is 48.3 Å². The number of rotatable bonds is 7. The Kier molecular flexibility index (Phi) is 6.23. The minimum atomic E-state index is -0.0658. The number of aromatic nitrogens is 3. The van der Waals surface area contributed by atoms with Crippen molar-refractivity contribution in [3.8, 4) is 0 Å². The van der Waals surface area contributed by atoms with E-state index in [1.54, 1.807) is 23.1 Å². The largest absolute Gasteiger partial charge is 0.353 e. The highest BCUT2D eigenvalue weighted by atomic mass is 19.1. The Balaban J connectivity index is 1.28. The Morgan fingerprint density at radius 2 is 1.97 bits per heavy atom. The molecule has 1 amide bonds. The Morgan fingerprint density at radius 1 is 1.21 bits per heavy atom. The molecule has 29 heavy (non-hydrogen) atoms. The van der Waals surface area contributed by atoms with E-state index in [0.29, 0.717) is 13.0 Å². The van der Waals surface area contributed by atoms with E-state index in [0.717, 1.165) is 50.9 Å². The minimum Gasteiger partial charge on any atom is -0.353 e. The molecule has 1 aromatic heterocycles. The van der Waals surface area contributed by atoms with E-state index in [4.69, 9.17) is 0 Å². The Bertz CT molecular complexity index is 795. The molecule has 6 nitrogen and oxygen atoms in total. The lowest BCUT2D eigenvalue weighted by molar-refractivity contribution is -0.122. The third kappa shape index (κ3) is 4.83. The number of benzene rings is 1. The van der Waals surface area contributed by atoms with Crippen LogP contribution in [0.5, 0.6) is 0 Å². The monoisotopic (exact) mass is 399 g/mol. The van der Waals surface area contributed by atoms with Crippen molar-refractivity contribution >= 4 is 5.91 Å². The van der Waals surface area contributed by atoms with Gasteiger partial charge in [0, 0.05) is 37.5 Å². The molecule has 4 rings (SSSR count). The zero-order valence-corrected chi connectivity index (χ0v) is 16.9. The van der Waals surface area contributed by atoms with Crippen LogP contribution in [-0.2, 0) is 16.8 Å². The number of likely N-dealkylation sites (tertiary alicyclic amines) is 1. The first kappa shape index (κ1) is 20.0. The average molecular weight is 400 g/mol. The second-order valence-corrected chi connectivity index (χ2v) is 8.49. The summed E-state index contributed by atoms with van der Waals surface area (Å²) in [4.78, 5) is 18.6. The maximum atomic E-state index is 14.5. The second-order valence-electron chi connectivity index (χ2n) is 8.49. The molecule has 1 aromatic carbocycles. The molecular weight excluding hydrogens is 369 g/mol. The van der Waals surface area contributed by atoms with Gasteiger partial charge < -0.3 is 10.2 Å². The van der Waals surface area contributed by atoms with Gasteiger partial charge in [0.25, 0.3) is 0 Å². The molecule has 0 atom stereocenters. The fourth-order valence-electron chi connectivity index (χ4n) is 4.98. The fraction of sp³-hybridized carbons (Fsp3) is 0.591. The molecule has 7 heteroatoms. The van der Waals surface area contributed by atoms with Gasteiger partial charge in [-0.05, 0) is 37.3 Å². The van der Waals surface area contributed by atoms with Crippen LogP contribution in [0.25, 0.3) is 0 Å². The molecule has 1 aliphatic carbocycles. The molecule has 2 aliphatic rings. The van der Waals surface area contributed by atoms with Gasteiger partial charge in [0.05, 0.1) is 6.54 Å². The van der Waals surface area contributed by atoms with Crippen LogP contribution in [0.2, 0.25) is 0 Å². The molecular formula is C22H30FN5O. The number of hydrogen-bond acceptors (Lipinski definition) is 4. The third-order valence-corrected chi connectivity index (χ3v) is 6.52. The van der Waals surface area contributed by atoms with Crippen LogP contribution in [0.1, 0.15) is 50.5 Å². The zero-order valence-electron chi connectivity index (χ0n) is 16.9. The summed E-state index contributed by atoms with van der Waals surface area (Å²) in [6.07, 6.45) is 9.88. The highest BCUT2D eigenvalue weighted by molar-refractivity contribution is 5.76. The van der Waals surface area contributed by atoms with E-state index < -0.39 is 0 Å². The summed E-state index contributed by atoms with van der Waals surface area (Å²) < 4.78 is 16.2. The number of halogens is 1. The predicted molar refractivity (Wildman–Crippen MR) is 109 cm³/mol. The average Bonchev–Trinajstić information content (AvgIpc) is 3.41.